The van der Waals surface area contributed by atoms with E-state index in [4.69, 9.17) is 18.7 Å². The molecule has 0 radical (unpaired) electrons. The van der Waals surface area contributed by atoms with Gasteiger partial charge in [-0.2, -0.15) is 0 Å². The highest BCUT2D eigenvalue weighted by Gasteiger charge is 2.47. The van der Waals surface area contributed by atoms with Crippen LogP contribution in [-0.4, -0.2) is 62.3 Å². The Balaban J connectivity index is 1.71. The lowest BCUT2D eigenvalue weighted by Crippen LogP contribution is -2.65. The molecular weight excluding hydrogens is 466 g/mol. The van der Waals surface area contributed by atoms with Crippen molar-refractivity contribution in [3.8, 4) is 11.8 Å². The standard InChI is InChI=1S/C26H31N3O7/c1-26(24(31)27-2,25(32)28-36-22-7-5-6-14-34-22)29(3)23(30)20-12-10-18(11-13-20)8-9-19-15-21(17-33-4)35-16-19/h10-13,15-16,22H,5-7,14,17H2,1-4H3,(H,27,31)(H,28,32)/t22?,26-/m0/s1. The van der Waals surface area contributed by atoms with Crippen molar-refractivity contribution in [3.05, 3.63) is 59.0 Å². The second-order valence-corrected chi connectivity index (χ2v) is 8.42. The molecule has 2 N–H and O–H groups in total. The number of hydroxylamine groups is 1. The number of carbonyl (C=O) groups is 3. The third kappa shape index (κ3) is 6.31. The summed E-state index contributed by atoms with van der Waals surface area (Å²) in [4.78, 5) is 45.4. The first-order valence-electron chi connectivity index (χ1n) is 11.6. The molecule has 0 saturated carbocycles. The van der Waals surface area contributed by atoms with Crippen molar-refractivity contribution in [2.45, 2.75) is 44.6 Å². The van der Waals surface area contributed by atoms with E-state index in [1.165, 1.54) is 21.0 Å². The molecule has 0 aliphatic carbocycles. The molecule has 192 valence electrons. The zero-order valence-corrected chi connectivity index (χ0v) is 20.9. The number of furan rings is 1. The number of likely N-dealkylation sites (N-methyl/N-ethyl adjacent to an activating group) is 2. The van der Waals surface area contributed by atoms with Gasteiger partial charge in [-0.1, -0.05) is 11.8 Å². The van der Waals surface area contributed by atoms with E-state index in [0.717, 1.165) is 17.7 Å². The van der Waals surface area contributed by atoms with Crippen LogP contribution in [0.1, 0.15) is 53.4 Å². The van der Waals surface area contributed by atoms with Crippen molar-refractivity contribution in [1.82, 2.24) is 15.7 Å². The molecule has 2 atom stereocenters. The summed E-state index contributed by atoms with van der Waals surface area (Å²) in [6.45, 7) is 2.25. The van der Waals surface area contributed by atoms with E-state index in [1.54, 1.807) is 43.7 Å². The summed E-state index contributed by atoms with van der Waals surface area (Å²) in [6.07, 6.45) is 3.39. The molecule has 0 spiro atoms. The number of nitrogens with one attached hydrogen (secondary N) is 2. The van der Waals surface area contributed by atoms with Crippen molar-refractivity contribution in [2.75, 3.05) is 27.8 Å². The zero-order valence-electron chi connectivity index (χ0n) is 20.9. The molecule has 1 saturated heterocycles. The molecule has 1 aromatic carbocycles. The predicted molar refractivity (Wildman–Crippen MR) is 129 cm³/mol. The fourth-order valence-corrected chi connectivity index (χ4v) is 3.58. The number of methoxy groups -OCH3 is 1. The minimum Gasteiger partial charge on any atom is -0.466 e. The summed E-state index contributed by atoms with van der Waals surface area (Å²) in [7, 11) is 4.36. The van der Waals surface area contributed by atoms with Crippen LogP contribution >= 0.6 is 0 Å². The van der Waals surface area contributed by atoms with Crippen LogP contribution in [0.4, 0.5) is 0 Å². The number of amides is 3. The van der Waals surface area contributed by atoms with Crippen molar-refractivity contribution in [3.63, 3.8) is 0 Å². The number of hydrogen-bond donors (Lipinski definition) is 2. The molecule has 36 heavy (non-hydrogen) atoms. The highest BCUT2D eigenvalue weighted by atomic mass is 16.8. The molecule has 10 heteroatoms. The van der Waals surface area contributed by atoms with E-state index in [9.17, 15) is 14.4 Å². The number of hydrogen-bond acceptors (Lipinski definition) is 7. The largest absolute Gasteiger partial charge is 0.466 e. The van der Waals surface area contributed by atoms with Gasteiger partial charge in [0.05, 0.1) is 5.56 Å². The lowest BCUT2D eigenvalue weighted by Gasteiger charge is -2.36. The van der Waals surface area contributed by atoms with Crippen LogP contribution < -0.4 is 10.8 Å². The van der Waals surface area contributed by atoms with E-state index < -0.39 is 29.6 Å². The first-order valence-corrected chi connectivity index (χ1v) is 11.6. The third-order valence-corrected chi connectivity index (χ3v) is 5.93. The van der Waals surface area contributed by atoms with Crippen LogP contribution in [0.3, 0.4) is 0 Å². The van der Waals surface area contributed by atoms with Gasteiger partial charge in [-0.05, 0) is 50.1 Å². The second-order valence-electron chi connectivity index (χ2n) is 8.42. The maximum absolute atomic E-state index is 13.2. The van der Waals surface area contributed by atoms with Gasteiger partial charge in [0.1, 0.15) is 18.6 Å². The maximum atomic E-state index is 13.2. The smallest absolute Gasteiger partial charge is 0.279 e. The molecule has 1 aromatic heterocycles. The fourth-order valence-electron chi connectivity index (χ4n) is 3.58. The van der Waals surface area contributed by atoms with Gasteiger partial charge in [0.2, 0.25) is 0 Å². The molecular formula is C26H31N3O7. The third-order valence-electron chi connectivity index (χ3n) is 5.93. The molecule has 1 unspecified atom stereocenters. The average molecular weight is 498 g/mol. The number of carbonyl (C=O) groups excluding carboxylic acids is 3. The van der Waals surface area contributed by atoms with E-state index in [2.05, 4.69) is 22.6 Å². The minimum atomic E-state index is -1.87. The molecule has 2 heterocycles. The highest BCUT2D eigenvalue weighted by molar-refractivity contribution is 6.12. The topological polar surface area (TPSA) is 119 Å². The van der Waals surface area contributed by atoms with Gasteiger partial charge in [0, 0.05) is 45.4 Å². The SMILES string of the molecule is CNC(=O)[C@@](C)(C(=O)NOC1CCCCO1)N(C)C(=O)c1ccc(C#Cc2coc(COC)c2)cc1. The molecule has 3 amide bonds. The quantitative estimate of drug-likeness (QED) is 0.325. The first kappa shape index (κ1) is 26.9. The van der Waals surface area contributed by atoms with Gasteiger partial charge in [-0.25, -0.2) is 10.3 Å². The summed E-state index contributed by atoms with van der Waals surface area (Å²) in [5.41, 5.74) is 2.09. The number of ether oxygens (including phenoxy) is 2. The van der Waals surface area contributed by atoms with E-state index in [1.807, 2.05) is 0 Å². The van der Waals surface area contributed by atoms with Crippen LogP contribution in [0.2, 0.25) is 0 Å². The summed E-state index contributed by atoms with van der Waals surface area (Å²) in [6, 6.07) is 8.33. The Labute approximate surface area is 210 Å². The van der Waals surface area contributed by atoms with Gasteiger partial charge < -0.3 is 24.1 Å². The Bertz CT molecular complexity index is 1130. The van der Waals surface area contributed by atoms with Crippen LogP contribution in [-0.2, 0) is 30.5 Å². The molecule has 2 aromatic rings. The Kier molecular flexibility index (Phi) is 9.25. The van der Waals surface area contributed by atoms with Crippen molar-refractivity contribution >= 4 is 17.7 Å². The first-order chi connectivity index (χ1) is 17.3. The molecule has 3 rings (SSSR count). The Morgan fingerprint density at radius 3 is 2.50 bits per heavy atom. The summed E-state index contributed by atoms with van der Waals surface area (Å²) in [5.74, 6) is 4.68. The Hall–Kier alpha value is -3.65. The van der Waals surface area contributed by atoms with Crippen LogP contribution in [0.25, 0.3) is 0 Å². The number of benzene rings is 1. The van der Waals surface area contributed by atoms with Gasteiger partial charge in [-0.3, -0.25) is 14.4 Å². The minimum absolute atomic E-state index is 0.285. The van der Waals surface area contributed by atoms with Crippen LogP contribution in [0.15, 0.2) is 41.0 Å². The van der Waals surface area contributed by atoms with Crippen molar-refractivity contribution in [2.24, 2.45) is 0 Å². The highest BCUT2D eigenvalue weighted by Crippen LogP contribution is 2.20. The van der Waals surface area contributed by atoms with Crippen molar-refractivity contribution < 1.29 is 33.1 Å². The predicted octanol–water partition coefficient (Wildman–Crippen LogP) is 1.98. The van der Waals surface area contributed by atoms with E-state index >= 15 is 0 Å². The lowest BCUT2D eigenvalue weighted by atomic mass is 9.96. The molecule has 0 bridgehead atoms. The van der Waals surface area contributed by atoms with Crippen LogP contribution in [0.5, 0.6) is 0 Å². The van der Waals surface area contributed by atoms with Gasteiger partial charge in [0.25, 0.3) is 17.7 Å². The van der Waals surface area contributed by atoms with Gasteiger partial charge >= 0.3 is 0 Å². The summed E-state index contributed by atoms with van der Waals surface area (Å²) < 4.78 is 15.8. The monoisotopic (exact) mass is 497 g/mol. The molecule has 1 aliphatic heterocycles. The lowest BCUT2D eigenvalue weighted by molar-refractivity contribution is -0.204. The van der Waals surface area contributed by atoms with Crippen LogP contribution in [0, 0.1) is 11.8 Å². The summed E-state index contributed by atoms with van der Waals surface area (Å²) in [5, 5.41) is 2.45. The van der Waals surface area contributed by atoms with E-state index in [-0.39, 0.29) is 5.56 Å². The average Bonchev–Trinajstić information content (AvgIpc) is 3.37. The maximum Gasteiger partial charge on any atom is 0.279 e. The van der Waals surface area contributed by atoms with Crippen molar-refractivity contribution in [1.29, 1.82) is 0 Å². The van der Waals surface area contributed by atoms with Gasteiger partial charge in [0.15, 0.2) is 11.8 Å². The summed E-state index contributed by atoms with van der Waals surface area (Å²) >= 11 is 0. The molecule has 1 aliphatic rings. The molecule has 1 fully saturated rings. The number of rotatable bonds is 8. The Morgan fingerprint density at radius 1 is 1.14 bits per heavy atom. The fraction of sp³-hybridized carbons (Fsp3) is 0.423. The number of nitrogens with zero attached hydrogens (tertiary/aromatic N) is 1. The second kappa shape index (κ2) is 12.4. The van der Waals surface area contributed by atoms with E-state index in [0.29, 0.717) is 36.5 Å². The zero-order chi connectivity index (χ0) is 26.1. The normalized spacial score (nSPS) is 16.7. The molecule has 10 nitrogen and oxygen atoms in total. The van der Waals surface area contributed by atoms with Gasteiger partial charge in [-0.15, -0.1) is 0 Å². The Morgan fingerprint density at radius 2 is 1.86 bits per heavy atom.